The topological polar surface area (TPSA) is 58.2 Å². The third-order valence-corrected chi connectivity index (χ3v) is 5.89. The second kappa shape index (κ2) is 6.25. The molecule has 6 nitrogen and oxygen atoms in total. The van der Waals surface area contributed by atoms with E-state index < -0.39 is 0 Å². The molecule has 0 radical (unpaired) electrons. The van der Waals surface area contributed by atoms with Crippen LogP contribution in [0.2, 0.25) is 0 Å². The van der Waals surface area contributed by atoms with E-state index in [2.05, 4.69) is 27.3 Å². The van der Waals surface area contributed by atoms with Crippen LogP contribution in [0.25, 0.3) is 0 Å². The highest BCUT2D eigenvalue weighted by Crippen LogP contribution is 2.53. The van der Waals surface area contributed by atoms with Crippen molar-refractivity contribution in [2.75, 3.05) is 27.2 Å². The maximum atomic E-state index is 5.74. The van der Waals surface area contributed by atoms with Crippen molar-refractivity contribution in [2.45, 2.75) is 18.9 Å². The third-order valence-electron chi connectivity index (χ3n) is 5.05. The Labute approximate surface area is 159 Å². The lowest BCUT2D eigenvalue weighted by molar-refractivity contribution is 0.170. The number of halogens is 1. The predicted octanol–water partition coefficient (Wildman–Crippen LogP) is 3.34. The predicted molar refractivity (Wildman–Crippen MR) is 97.5 cm³/mol. The normalized spacial score (nSPS) is 19.4. The molecule has 0 fully saturated rings. The van der Waals surface area contributed by atoms with E-state index in [0.717, 1.165) is 52.4 Å². The van der Waals surface area contributed by atoms with Gasteiger partial charge in [0.15, 0.2) is 23.0 Å². The third kappa shape index (κ3) is 2.41. The minimum Gasteiger partial charge on any atom is -0.492 e. The molecule has 0 aromatic heterocycles. The highest BCUT2D eigenvalue weighted by Gasteiger charge is 2.34. The van der Waals surface area contributed by atoms with Crippen molar-refractivity contribution < 1.29 is 23.7 Å². The Kier molecular flexibility index (Phi) is 3.86. The number of methoxy groups -OCH3 is 1. The van der Waals surface area contributed by atoms with Gasteiger partial charge in [-0.1, -0.05) is 6.07 Å². The molecule has 0 aliphatic carbocycles. The fourth-order valence-electron chi connectivity index (χ4n) is 3.89. The van der Waals surface area contributed by atoms with Crippen molar-refractivity contribution in [3.05, 3.63) is 39.4 Å². The quantitative estimate of drug-likeness (QED) is 0.822. The average molecular weight is 420 g/mol. The lowest BCUT2D eigenvalue weighted by Crippen LogP contribution is -2.32. The average Bonchev–Trinajstić information content (AvgIpc) is 3.32. The maximum absolute atomic E-state index is 5.74. The van der Waals surface area contributed by atoms with E-state index in [4.69, 9.17) is 23.7 Å². The van der Waals surface area contributed by atoms with Gasteiger partial charge in [0.05, 0.1) is 11.6 Å². The number of hydrogen-bond donors (Lipinski definition) is 1. The van der Waals surface area contributed by atoms with Gasteiger partial charge in [-0.3, -0.25) is 0 Å². The molecule has 0 spiro atoms. The summed E-state index contributed by atoms with van der Waals surface area (Å²) in [5.74, 6) is 3.78. The van der Waals surface area contributed by atoms with E-state index in [-0.39, 0.29) is 19.6 Å². The number of nitrogens with one attached hydrogen (secondary N) is 1. The Balaban J connectivity index is 1.56. The summed E-state index contributed by atoms with van der Waals surface area (Å²) in [7, 11) is 1.68. The van der Waals surface area contributed by atoms with E-state index >= 15 is 0 Å². The van der Waals surface area contributed by atoms with Gasteiger partial charge >= 0.3 is 0 Å². The van der Waals surface area contributed by atoms with Crippen LogP contribution in [0.1, 0.15) is 22.7 Å². The highest BCUT2D eigenvalue weighted by molar-refractivity contribution is 9.10. The molecule has 7 heteroatoms. The number of fused-ring (bicyclic) bond motifs is 3. The maximum Gasteiger partial charge on any atom is 0.231 e. The molecule has 0 bridgehead atoms. The summed E-state index contributed by atoms with van der Waals surface area (Å²) < 4.78 is 29.0. The zero-order chi connectivity index (χ0) is 17.7. The van der Waals surface area contributed by atoms with Gasteiger partial charge in [-0.25, -0.2) is 0 Å². The van der Waals surface area contributed by atoms with Gasteiger partial charge in [0, 0.05) is 11.6 Å². The first-order valence-corrected chi connectivity index (χ1v) is 9.35. The molecule has 3 aliphatic heterocycles. The second-order valence-corrected chi connectivity index (χ2v) is 7.25. The molecule has 1 N–H and O–H groups in total. The summed E-state index contributed by atoms with van der Waals surface area (Å²) in [5.41, 5.74) is 3.53. The summed E-state index contributed by atoms with van der Waals surface area (Å²) in [6.45, 7) is 1.39. The van der Waals surface area contributed by atoms with Gasteiger partial charge < -0.3 is 29.0 Å². The first kappa shape index (κ1) is 16.1. The fraction of sp³-hybridized carbons (Fsp3) is 0.368. The zero-order valence-corrected chi connectivity index (χ0v) is 15.9. The summed E-state index contributed by atoms with van der Waals surface area (Å²) >= 11 is 3.71. The Morgan fingerprint density at radius 1 is 1.12 bits per heavy atom. The Bertz CT molecular complexity index is 885. The lowest BCUT2D eigenvalue weighted by Gasteiger charge is -2.30. The summed E-state index contributed by atoms with van der Waals surface area (Å²) in [6, 6.07) is 6.21. The van der Waals surface area contributed by atoms with Gasteiger partial charge in [0.1, 0.15) is 0 Å². The van der Waals surface area contributed by atoms with Crippen LogP contribution in [0.4, 0.5) is 0 Å². The first-order chi connectivity index (χ1) is 12.8. The van der Waals surface area contributed by atoms with Crippen LogP contribution >= 0.6 is 15.9 Å². The van der Waals surface area contributed by atoms with Crippen LogP contribution in [-0.2, 0) is 12.8 Å². The van der Waals surface area contributed by atoms with Crippen LogP contribution in [0, 0.1) is 0 Å². The Morgan fingerprint density at radius 2 is 1.92 bits per heavy atom. The summed E-state index contributed by atoms with van der Waals surface area (Å²) in [6.07, 6.45) is 1.71. The van der Waals surface area contributed by atoms with Crippen molar-refractivity contribution in [1.82, 2.24) is 5.32 Å². The standard InChI is InChI=1S/C19H18BrNO5/c1-22-17-15-11(16(20)18-19(17)26-9-25-18)4-5-21-12(15)6-10-2-3-13-14(7-10)24-8-23-13/h2-3,7,12,21H,4-6,8-9H2,1H3/t12-/m1/s1. The van der Waals surface area contributed by atoms with Gasteiger partial charge in [-0.2, -0.15) is 0 Å². The van der Waals surface area contributed by atoms with E-state index in [1.807, 2.05) is 12.1 Å². The molecule has 5 rings (SSSR count). The largest absolute Gasteiger partial charge is 0.492 e. The summed E-state index contributed by atoms with van der Waals surface area (Å²) in [5, 5.41) is 3.62. The molecule has 2 aromatic carbocycles. The van der Waals surface area contributed by atoms with Crippen LogP contribution in [-0.4, -0.2) is 27.2 Å². The lowest BCUT2D eigenvalue weighted by atomic mass is 9.88. The number of hydrogen-bond acceptors (Lipinski definition) is 6. The molecule has 0 saturated heterocycles. The number of benzene rings is 2. The van der Waals surface area contributed by atoms with Gasteiger partial charge in [0.2, 0.25) is 19.3 Å². The zero-order valence-electron chi connectivity index (χ0n) is 14.3. The van der Waals surface area contributed by atoms with Crippen molar-refractivity contribution >= 4 is 15.9 Å². The van der Waals surface area contributed by atoms with E-state index in [9.17, 15) is 0 Å². The molecule has 3 aliphatic rings. The van der Waals surface area contributed by atoms with Crippen molar-refractivity contribution in [3.63, 3.8) is 0 Å². The van der Waals surface area contributed by atoms with Crippen LogP contribution in [0.3, 0.4) is 0 Å². The molecule has 3 heterocycles. The van der Waals surface area contributed by atoms with Crippen LogP contribution in [0.15, 0.2) is 22.7 Å². The highest BCUT2D eigenvalue weighted by atomic mass is 79.9. The Morgan fingerprint density at radius 3 is 2.81 bits per heavy atom. The SMILES string of the molecule is COc1c2c(c(Br)c3c1[C@@H](Cc1ccc4c(c1)OCO4)NCC3)OCO2. The minimum absolute atomic E-state index is 0.111. The minimum atomic E-state index is 0.111. The fourth-order valence-corrected chi connectivity index (χ4v) is 4.60. The smallest absolute Gasteiger partial charge is 0.231 e. The van der Waals surface area contributed by atoms with Gasteiger partial charge in [-0.15, -0.1) is 0 Å². The monoisotopic (exact) mass is 419 g/mol. The van der Waals surface area contributed by atoms with Crippen molar-refractivity contribution in [2.24, 2.45) is 0 Å². The molecule has 1 atom stereocenters. The molecule has 2 aromatic rings. The molecule has 0 unspecified atom stereocenters. The van der Waals surface area contributed by atoms with Gasteiger partial charge in [-0.05, 0) is 58.6 Å². The molecular formula is C19H18BrNO5. The molecule has 0 saturated carbocycles. The van der Waals surface area contributed by atoms with E-state index in [1.54, 1.807) is 7.11 Å². The van der Waals surface area contributed by atoms with E-state index in [0.29, 0.717) is 5.75 Å². The first-order valence-electron chi connectivity index (χ1n) is 8.56. The summed E-state index contributed by atoms with van der Waals surface area (Å²) in [4.78, 5) is 0. The van der Waals surface area contributed by atoms with Crippen LogP contribution in [0.5, 0.6) is 28.7 Å². The molecular weight excluding hydrogens is 402 g/mol. The molecule has 136 valence electrons. The van der Waals surface area contributed by atoms with Crippen LogP contribution < -0.4 is 29.0 Å². The molecule has 26 heavy (non-hydrogen) atoms. The van der Waals surface area contributed by atoms with E-state index in [1.165, 1.54) is 11.1 Å². The number of rotatable bonds is 3. The Hall–Kier alpha value is -2.12. The van der Waals surface area contributed by atoms with Crippen molar-refractivity contribution in [3.8, 4) is 28.7 Å². The molecule has 0 amide bonds. The second-order valence-electron chi connectivity index (χ2n) is 6.45. The van der Waals surface area contributed by atoms with Crippen molar-refractivity contribution in [1.29, 1.82) is 0 Å². The van der Waals surface area contributed by atoms with Gasteiger partial charge in [0.25, 0.3) is 0 Å². The number of ether oxygens (including phenoxy) is 5.